The van der Waals surface area contributed by atoms with Gasteiger partial charge in [0.05, 0.1) is 0 Å². The van der Waals surface area contributed by atoms with Crippen LogP contribution in [0.1, 0.15) is 160 Å². The van der Waals surface area contributed by atoms with Gasteiger partial charge in [-0.2, -0.15) is 0 Å². The number of benzene rings is 3. The zero-order chi connectivity index (χ0) is 31.6. The van der Waals surface area contributed by atoms with Gasteiger partial charge in [-0.05, 0) is 71.5 Å². The first-order valence-electron chi connectivity index (χ1n) is 17.2. The summed E-state index contributed by atoms with van der Waals surface area (Å²) in [7, 11) is 0. The highest BCUT2D eigenvalue weighted by Crippen LogP contribution is 2.28. The van der Waals surface area contributed by atoms with E-state index in [4.69, 9.17) is 11.6 Å². The molecule has 0 saturated heterocycles. The molecule has 238 valence electrons. The summed E-state index contributed by atoms with van der Waals surface area (Å²) in [4.78, 5) is 27.1. The number of carbonyl (C=O) groups is 2. The van der Waals surface area contributed by atoms with E-state index in [1.807, 2.05) is 24.3 Å². The molecule has 0 saturated carbocycles. The second kappa shape index (κ2) is 20.9. The highest BCUT2D eigenvalue weighted by Gasteiger charge is 2.21. The Balaban J connectivity index is 1.54. The minimum absolute atomic E-state index is 0.106. The third kappa shape index (κ3) is 12.4. The molecule has 0 unspecified atom stereocenters. The van der Waals surface area contributed by atoms with Crippen molar-refractivity contribution in [3.8, 4) is 0 Å². The molecule has 0 radical (unpaired) electrons. The first-order valence-corrected chi connectivity index (χ1v) is 18.7. The van der Waals surface area contributed by atoms with Gasteiger partial charge in [0.1, 0.15) is 0 Å². The number of rotatable bonds is 22. The number of ketones is 2. The molecule has 3 aromatic rings. The molecule has 0 bridgehead atoms. The van der Waals surface area contributed by atoms with Gasteiger partial charge >= 0.3 is 0 Å². The van der Waals surface area contributed by atoms with E-state index in [1.54, 1.807) is 12.1 Å². The van der Waals surface area contributed by atoms with Gasteiger partial charge in [0.2, 0.25) is 0 Å². The molecule has 44 heavy (non-hydrogen) atoms. The maximum atomic E-state index is 13.5. The molecule has 0 aromatic heterocycles. The summed E-state index contributed by atoms with van der Waals surface area (Å²) in [5.41, 5.74) is 4.71. The zero-order valence-corrected chi connectivity index (χ0v) is 30.0. The predicted molar refractivity (Wildman–Crippen MR) is 197 cm³/mol. The zero-order valence-electron chi connectivity index (χ0n) is 27.1. The van der Waals surface area contributed by atoms with E-state index in [0.29, 0.717) is 30.8 Å². The summed E-state index contributed by atoms with van der Waals surface area (Å²) in [6.07, 6.45) is 22.9. The Morgan fingerprint density at radius 1 is 0.523 bits per heavy atom. The van der Waals surface area contributed by atoms with Crippen molar-refractivity contribution in [2.75, 3.05) is 0 Å². The summed E-state index contributed by atoms with van der Waals surface area (Å²) < 4.78 is 0.646. The van der Waals surface area contributed by atoms with Crippen LogP contribution in [-0.4, -0.2) is 11.6 Å². The van der Waals surface area contributed by atoms with Gasteiger partial charge in [0.15, 0.2) is 11.6 Å². The van der Waals surface area contributed by atoms with E-state index in [0.717, 1.165) is 12.8 Å². The molecule has 0 atom stereocenters. The van der Waals surface area contributed by atoms with Gasteiger partial charge in [0, 0.05) is 30.8 Å². The Morgan fingerprint density at radius 2 is 0.841 bits per heavy atom. The third-order valence-corrected chi connectivity index (χ3v) is 9.98. The highest BCUT2D eigenvalue weighted by atomic mass is 127. The summed E-state index contributed by atoms with van der Waals surface area (Å²) >= 11 is 8.59. The standard InChI is InChI=1S/C40H52ClIO2/c1-3-5-7-9-11-13-15-17-19-31-21-25-33(26-22-31)39(43)36-29-35(41)30-37(38(36)42)40(44)34-27-23-32(24-28-34)20-18-16-14-12-10-8-6-4-2/h21-30H,3-20H2,1-2H3. The predicted octanol–water partition coefficient (Wildman–Crippen LogP) is 12.8. The number of halogens is 2. The van der Waals surface area contributed by atoms with E-state index < -0.39 is 0 Å². The van der Waals surface area contributed by atoms with Crippen molar-refractivity contribution >= 4 is 45.8 Å². The van der Waals surface area contributed by atoms with Crippen LogP contribution in [-0.2, 0) is 12.8 Å². The monoisotopic (exact) mass is 726 g/mol. The SMILES string of the molecule is CCCCCCCCCCc1ccc(C(=O)c2cc(Cl)cc(C(=O)c3ccc(CCCCCCCCCC)cc3)c2I)cc1. The molecule has 0 aliphatic rings. The minimum Gasteiger partial charge on any atom is -0.289 e. The van der Waals surface area contributed by atoms with Gasteiger partial charge < -0.3 is 0 Å². The summed E-state index contributed by atoms with van der Waals surface area (Å²) in [5, 5.41) is 0.398. The molecule has 0 spiro atoms. The van der Waals surface area contributed by atoms with Crippen molar-refractivity contribution in [1.82, 2.24) is 0 Å². The smallest absolute Gasteiger partial charge is 0.194 e. The fourth-order valence-electron chi connectivity index (χ4n) is 5.80. The fourth-order valence-corrected chi connectivity index (χ4v) is 6.82. The maximum absolute atomic E-state index is 13.5. The molecule has 0 amide bonds. The fraction of sp³-hybridized carbons (Fsp3) is 0.500. The molecule has 0 aliphatic carbocycles. The number of hydrogen-bond acceptors (Lipinski definition) is 2. The van der Waals surface area contributed by atoms with Crippen molar-refractivity contribution in [3.05, 3.63) is 103 Å². The Bertz CT molecular complexity index is 1180. The van der Waals surface area contributed by atoms with Crippen LogP contribution in [0.15, 0.2) is 60.7 Å². The lowest BCUT2D eigenvalue weighted by molar-refractivity contribution is 0.103. The largest absolute Gasteiger partial charge is 0.289 e. The average molecular weight is 727 g/mol. The van der Waals surface area contributed by atoms with Crippen molar-refractivity contribution in [2.45, 2.75) is 129 Å². The minimum atomic E-state index is -0.106. The van der Waals surface area contributed by atoms with Crippen molar-refractivity contribution in [3.63, 3.8) is 0 Å². The number of carbonyl (C=O) groups excluding carboxylic acids is 2. The lowest BCUT2D eigenvalue weighted by Gasteiger charge is -2.11. The van der Waals surface area contributed by atoms with Gasteiger partial charge in [-0.15, -0.1) is 0 Å². The number of hydrogen-bond donors (Lipinski definition) is 0. The van der Waals surface area contributed by atoms with Crippen LogP contribution >= 0.6 is 34.2 Å². The van der Waals surface area contributed by atoms with Crippen LogP contribution in [0.5, 0.6) is 0 Å². The van der Waals surface area contributed by atoms with Crippen molar-refractivity contribution in [1.29, 1.82) is 0 Å². The normalized spacial score (nSPS) is 11.2. The molecule has 0 heterocycles. The topological polar surface area (TPSA) is 34.1 Å². The van der Waals surface area contributed by atoms with Crippen molar-refractivity contribution < 1.29 is 9.59 Å². The van der Waals surface area contributed by atoms with Crippen molar-refractivity contribution in [2.24, 2.45) is 0 Å². The molecule has 3 rings (SSSR count). The Hall–Kier alpha value is -1.98. The lowest BCUT2D eigenvalue weighted by Crippen LogP contribution is -2.10. The molecule has 0 fully saturated rings. The molecule has 0 N–H and O–H groups in total. The Morgan fingerprint density at radius 3 is 1.18 bits per heavy atom. The Kier molecular flexibility index (Phi) is 17.4. The Labute approximate surface area is 285 Å². The third-order valence-electron chi connectivity index (χ3n) is 8.60. The lowest BCUT2D eigenvalue weighted by atomic mass is 9.95. The first-order chi connectivity index (χ1) is 21.4. The summed E-state index contributed by atoms with van der Waals surface area (Å²) in [6, 6.07) is 19.3. The number of unbranched alkanes of at least 4 members (excludes halogenated alkanes) is 14. The highest BCUT2D eigenvalue weighted by molar-refractivity contribution is 14.1. The van der Waals surface area contributed by atoms with Gasteiger partial charge in [0.25, 0.3) is 0 Å². The molecule has 0 aliphatic heterocycles. The van der Waals surface area contributed by atoms with E-state index in [1.165, 1.54) is 114 Å². The van der Waals surface area contributed by atoms with Crippen LogP contribution in [0.3, 0.4) is 0 Å². The molecule has 3 aromatic carbocycles. The average Bonchev–Trinajstić information content (AvgIpc) is 3.04. The molecular formula is C40H52ClIO2. The van der Waals surface area contributed by atoms with Crippen LogP contribution < -0.4 is 0 Å². The van der Waals surface area contributed by atoms with E-state index in [2.05, 4.69) is 60.7 Å². The van der Waals surface area contributed by atoms with E-state index in [9.17, 15) is 9.59 Å². The second-order valence-electron chi connectivity index (χ2n) is 12.3. The van der Waals surface area contributed by atoms with Gasteiger partial charge in [-0.3, -0.25) is 9.59 Å². The van der Waals surface area contributed by atoms with Crippen LogP contribution in [0.2, 0.25) is 5.02 Å². The summed E-state index contributed by atoms with van der Waals surface area (Å²) in [6.45, 7) is 4.51. The van der Waals surface area contributed by atoms with Crippen LogP contribution in [0.25, 0.3) is 0 Å². The van der Waals surface area contributed by atoms with Gasteiger partial charge in [-0.25, -0.2) is 0 Å². The van der Waals surface area contributed by atoms with E-state index in [-0.39, 0.29) is 11.6 Å². The molecule has 2 nitrogen and oxygen atoms in total. The quantitative estimate of drug-likeness (QED) is 0.0587. The van der Waals surface area contributed by atoms with E-state index >= 15 is 0 Å². The number of aryl methyl sites for hydroxylation is 2. The van der Waals surface area contributed by atoms with Crippen LogP contribution in [0.4, 0.5) is 0 Å². The molecular weight excluding hydrogens is 675 g/mol. The summed E-state index contributed by atoms with van der Waals surface area (Å²) in [5.74, 6) is -0.212. The maximum Gasteiger partial charge on any atom is 0.194 e. The molecule has 4 heteroatoms. The first kappa shape index (κ1) is 36.5. The van der Waals surface area contributed by atoms with Gasteiger partial charge in [-0.1, -0.05) is 164 Å². The second-order valence-corrected chi connectivity index (χ2v) is 13.8. The van der Waals surface area contributed by atoms with Crippen LogP contribution in [0, 0.1) is 3.57 Å².